The normalized spacial score (nSPS) is 12.6. The van der Waals surface area contributed by atoms with Gasteiger partial charge < -0.3 is 29.4 Å². The number of aryl methyl sites for hydroxylation is 6. The number of carboxylic acids is 1. The van der Waals surface area contributed by atoms with Crippen molar-refractivity contribution in [3.8, 4) is 22.3 Å². The molecule has 0 bridgehead atoms. The van der Waals surface area contributed by atoms with Crippen LogP contribution in [0, 0.1) is 53.4 Å². The number of carbonyl (C=O) groups excluding carboxylic acids is 3. The van der Waals surface area contributed by atoms with Crippen molar-refractivity contribution in [1.82, 2.24) is 19.1 Å². The summed E-state index contributed by atoms with van der Waals surface area (Å²) >= 11 is 0. The van der Waals surface area contributed by atoms with Gasteiger partial charge in [0.05, 0.1) is 33.1 Å². The van der Waals surface area contributed by atoms with Gasteiger partial charge in [-0.1, -0.05) is 64.1 Å². The lowest BCUT2D eigenvalue weighted by atomic mass is 9.86. The average Bonchev–Trinajstić information content (AvgIpc) is 3.33. The minimum Gasteiger partial charge on any atom is -0.480 e. The SMILES string of the molecule is COC(=O)C[C@H](CC(=O)C(CC(C)C)n1ccc(C)cc1=O)c1cncc(-c2c(C)cccc2C)c1.COC(=O)C[C@H](N)c1cncc(-c2c(C)cccc2C)c1.Cc1ccn([C@@H](CC(C)C)C(=O)O)c(=O)c1. The number of benzene rings is 2. The third kappa shape index (κ3) is 16.9. The lowest BCUT2D eigenvalue weighted by Gasteiger charge is -2.24. The molecule has 2 aromatic carbocycles. The quantitative estimate of drug-likeness (QED) is 0.0773. The van der Waals surface area contributed by atoms with E-state index in [4.69, 9.17) is 15.6 Å². The summed E-state index contributed by atoms with van der Waals surface area (Å²) in [4.78, 5) is 81.6. The number of aromatic nitrogens is 4. The van der Waals surface area contributed by atoms with Crippen molar-refractivity contribution in [2.75, 3.05) is 14.2 Å². The second kappa shape index (κ2) is 27.5. The lowest BCUT2D eigenvalue weighted by molar-refractivity contribution is -0.142. The summed E-state index contributed by atoms with van der Waals surface area (Å²) in [6.07, 6.45) is 11.6. The van der Waals surface area contributed by atoms with Crippen LogP contribution < -0.4 is 16.9 Å². The number of Topliss-reactive ketones (excluding diaryl/α,β-unsaturated/α-hetero) is 1. The van der Waals surface area contributed by atoms with Crippen molar-refractivity contribution in [1.29, 1.82) is 0 Å². The highest BCUT2D eigenvalue weighted by Gasteiger charge is 2.28. The number of carboxylic acid groups (broad SMARTS) is 1. The molecular weight excluding hydrogens is 923 g/mol. The number of carbonyl (C=O) groups is 4. The molecule has 6 rings (SSSR count). The molecule has 0 aliphatic carbocycles. The van der Waals surface area contributed by atoms with Crippen molar-refractivity contribution < 1.29 is 33.8 Å². The minimum absolute atomic E-state index is 0.0529. The maximum absolute atomic E-state index is 13.7. The zero-order chi connectivity index (χ0) is 54.1. The molecule has 73 heavy (non-hydrogen) atoms. The van der Waals surface area contributed by atoms with Crippen LogP contribution in [0.3, 0.4) is 0 Å². The van der Waals surface area contributed by atoms with E-state index in [2.05, 4.69) is 66.7 Å². The molecule has 4 aromatic heterocycles. The van der Waals surface area contributed by atoms with Gasteiger partial charge in [-0.3, -0.25) is 33.9 Å². The molecule has 0 saturated carbocycles. The third-order valence-corrected chi connectivity index (χ3v) is 12.6. The largest absolute Gasteiger partial charge is 0.480 e. The summed E-state index contributed by atoms with van der Waals surface area (Å²) in [7, 11) is 2.71. The smallest absolute Gasteiger partial charge is 0.326 e. The maximum Gasteiger partial charge on any atom is 0.326 e. The maximum atomic E-state index is 13.7. The Morgan fingerprint density at radius 2 is 0.986 bits per heavy atom. The number of ketones is 1. The van der Waals surface area contributed by atoms with E-state index in [1.165, 1.54) is 40.5 Å². The van der Waals surface area contributed by atoms with Crippen LogP contribution >= 0.6 is 0 Å². The molecule has 0 saturated heterocycles. The van der Waals surface area contributed by atoms with Crippen molar-refractivity contribution in [2.45, 2.75) is 125 Å². The van der Waals surface area contributed by atoms with Gasteiger partial charge in [0.25, 0.3) is 11.1 Å². The molecule has 6 aromatic rings. The van der Waals surface area contributed by atoms with Crippen LogP contribution in [-0.2, 0) is 28.7 Å². The molecule has 4 atom stereocenters. The topological polar surface area (TPSA) is 203 Å². The predicted molar refractivity (Wildman–Crippen MR) is 286 cm³/mol. The highest BCUT2D eigenvalue weighted by atomic mass is 16.5. The van der Waals surface area contributed by atoms with Gasteiger partial charge in [0.1, 0.15) is 6.04 Å². The number of methoxy groups -OCH3 is 2. The van der Waals surface area contributed by atoms with E-state index in [9.17, 15) is 28.8 Å². The molecule has 14 nitrogen and oxygen atoms in total. The highest BCUT2D eigenvalue weighted by Crippen LogP contribution is 2.34. The second-order valence-electron chi connectivity index (χ2n) is 19.6. The summed E-state index contributed by atoms with van der Waals surface area (Å²) in [6, 6.07) is 21.1. The van der Waals surface area contributed by atoms with E-state index >= 15 is 0 Å². The van der Waals surface area contributed by atoms with Crippen molar-refractivity contribution in [3.05, 3.63) is 175 Å². The van der Waals surface area contributed by atoms with Crippen molar-refractivity contribution >= 4 is 23.7 Å². The Kier molecular flexibility index (Phi) is 21.9. The Bertz CT molecular complexity index is 2930. The monoisotopic (exact) mass is 996 g/mol. The van der Waals surface area contributed by atoms with Crippen LogP contribution in [0.1, 0.15) is 128 Å². The van der Waals surface area contributed by atoms with Gasteiger partial charge >= 0.3 is 17.9 Å². The number of pyridine rings is 4. The van der Waals surface area contributed by atoms with Gasteiger partial charge in [0.2, 0.25) is 0 Å². The van der Waals surface area contributed by atoms with Crippen LogP contribution in [0.4, 0.5) is 0 Å². The fourth-order valence-electron chi connectivity index (χ4n) is 8.83. The zero-order valence-electron chi connectivity index (χ0n) is 44.5. The number of hydrogen-bond donors (Lipinski definition) is 2. The molecule has 0 amide bonds. The molecule has 3 N–H and O–H groups in total. The van der Waals surface area contributed by atoms with Gasteiger partial charge in [-0.05, 0) is 146 Å². The molecule has 1 unspecified atom stereocenters. The van der Waals surface area contributed by atoms with Gasteiger partial charge in [-0.15, -0.1) is 0 Å². The van der Waals surface area contributed by atoms with E-state index in [0.29, 0.717) is 12.8 Å². The molecule has 0 fully saturated rings. The van der Waals surface area contributed by atoms with Gasteiger partial charge in [-0.25, -0.2) is 4.79 Å². The van der Waals surface area contributed by atoms with Crippen LogP contribution in [0.25, 0.3) is 22.3 Å². The highest BCUT2D eigenvalue weighted by molar-refractivity contribution is 5.84. The summed E-state index contributed by atoms with van der Waals surface area (Å²) in [5, 5.41) is 9.11. The first-order chi connectivity index (χ1) is 34.5. The number of esters is 2. The molecule has 0 radical (unpaired) electrons. The standard InChI is InChI=1S/C30H36N2O4.C17H20N2O2.C12H17NO3/c1-19(2)12-26(32-11-10-20(3)13-28(32)34)27(33)15-23(16-29(35)36-6)24-14-25(18-31-17-24)30-21(4)8-7-9-22(30)5;1-11-5-4-6-12(2)17(11)14-7-13(9-19-10-14)15(18)8-16(20)21-3;1-8(2)6-10(12(15)16)13-5-4-9(3)7-11(13)14/h7-11,13-14,17-19,23,26H,12,15-16H2,1-6H3;4-7,9-10,15H,8,18H2,1-3H3;4-5,7-8,10H,6H2,1-3H3,(H,15,16)/t23-,26?;15-;10-/m000/s1. The fraction of sp³-hybridized carbons (Fsp3) is 0.390. The third-order valence-electron chi connectivity index (χ3n) is 12.6. The van der Waals surface area contributed by atoms with Crippen LogP contribution in [0.5, 0.6) is 0 Å². The fourth-order valence-corrected chi connectivity index (χ4v) is 8.83. The Morgan fingerprint density at radius 3 is 1.41 bits per heavy atom. The number of nitrogens with zero attached hydrogens (tertiary/aromatic N) is 4. The molecule has 0 aliphatic rings. The van der Waals surface area contributed by atoms with E-state index < -0.39 is 36.0 Å². The summed E-state index contributed by atoms with van der Waals surface area (Å²) in [5.74, 6) is -1.73. The number of aliphatic carboxylic acids is 1. The Morgan fingerprint density at radius 1 is 0.575 bits per heavy atom. The van der Waals surface area contributed by atoms with Gasteiger partial charge in [-0.2, -0.15) is 0 Å². The number of ether oxygens (including phenoxy) is 2. The number of rotatable bonds is 18. The lowest BCUT2D eigenvalue weighted by Crippen LogP contribution is -2.31. The predicted octanol–water partition coefficient (Wildman–Crippen LogP) is 10.5. The molecule has 0 aliphatic heterocycles. The molecule has 388 valence electrons. The van der Waals surface area contributed by atoms with Crippen LogP contribution in [0.2, 0.25) is 0 Å². The molecule has 0 spiro atoms. The summed E-state index contributed by atoms with van der Waals surface area (Å²) in [6.45, 7) is 19.9. The second-order valence-corrected chi connectivity index (χ2v) is 19.6. The Balaban J connectivity index is 0.000000263. The first-order valence-electron chi connectivity index (χ1n) is 24.6. The van der Waals surface area contributed by atoms with Gasteiger partial charge in [0, 0.05) is 78.8 Å². The summed E-state index contributed by atoms with van der Waals surface area (Å²) < 4.78 is 12.4. The van der Waals surface area contributed by atoms with E-state index in [0.717, 1.165) is 55.6 Å². The van der Waals surface area contributed by atoms with Crippen LogP contribution in [0.15, 0.2) is 120 Å². The molecule has 14 heteroatoms. The zero-order valence-corrected chi connectivity index (χ0v) is 44.5. The Hall–Kier alpha value is -7.32. The van der Waals surface area contributed by atoms with Crippen molar-refractivity contribution in [3.63, 3.8) is 0 Å². The van der Waals surface area contributed by atoms with Crippen LogP contribution in [-0.4, -0.2) is 62.1 Å². The minimum atomic E-state index is -0.959. The van der Waals surface area contributed by atoms with Crippen molar-refractivity contribution in [2.24, 2.45) is 17.6 Å². The van der Waals surface area contributed by atoms with Gasteiger partial charge in [0.15, 0.2) is 5.78 Å². The van der Waals surface area contributed by atoms with E-state index in [1.54, 1.807) is 36.9 Å². The number of hydrogen-bond acceptors (Lipinski definition) is 11. The molecular formula is C59H73N5O9. The number of nitrogens with two attached hydrogens (primary N) is 1. The first kappa shape index (κ1) is 58.3. The van der Waals surface area contributed by atoms with E-state index in [1.807, 2.05) is 84.3 Å². The van der Waals surface area contributed by atoms with E-state index in [-0.39, 0.29) is 54.0 Å². The average molecular weight is 996 g/mol. The summed E-state index contributed by atoms with van der Waals surface area (Å²) in [5.41, 5.74) is 17.8. The first-order valence-corrected chi connectivity index (χ1v) is 24.6. The molecule has 4 heterocycles. The Labute approximate surface area is 429 Å².